The largest absolute Gasteiger partial charge is 0.465 e. The van der Waals surface area contributed by atoms with Crippen molar-refractivity contribution >= 4 is 45.7 Å². The molecule has 166 valence electrons. The molecule has 0 bridgehead atoms. The first-order chi connectivity index (χ1) is 15.0. The van der Waals surface area contributed by atoms with Gasteiger partial charge in [0.25, 0.3) is 0 Å². The van der Waals surface area contributed by atoms with Crippen LogP contribution < -0.4 is 10.6 Å². The van der Waals surface area contributed by atoms with Crippen LogP contribution in [0.15, 0.2) is 17.5 Å². The molecule has 1 aliphatic carbocycles. The number of nitrogens with one attached hydrogen (secondary N) is 2. The molecule has 4 rings (SSSR count). The second kappa shape index (κ2) is 9.78. The number of amides is 3. The molecule has 8 nitrogen and oxygen atoms in total. The van der Waals surface area contributed by atoms with Crippen molar-refractivity contribution in [2.24, 2.45) is 5.92 Å². The molecule has 1 saturated heterocycles. The van der Waals surface area contributed by atoms with Gasteiger partial charge in [-0.3, -0.25) is 9.59 Å². The molecule has 1 fully saturated rings. The molecule has 0 saturated carbocycles. The average Bonchev–Trinajstić information content (AvgIpc) is 3.49. The second-order valence-corrected chi connectivity index (χ2v) is 9.80. The van der Waals surface area contributed by atoms with Crippen molar-refractivity contribution in [1.29, 1.82) is 0 Å². The van der Waals surface area contributed by atoms with Crippen molar-refractivity contribution < 1.29 is 19.1 Å². The van der Waals surface area contributed by atoms with E-state index in [9.17, 15) is 14.4 Å². The van der Waals surface area contributed by atoms with Crippen LogP contribution >= 0.6 is 22.7 Å². The maximum atomic E-state index is 12.8. The van der Waals surface area contributed by atoms with Crippen molar-refractivity contribution in [2.45, 2.75) is 45.1 Å². The van der Waals surface area contributed by atoms with Gasteiger partial charge in [0.1, 0.15) is 5.92 Å². The first kappa shape index (κ1) is 21.8. The molecule has 10 heteroatoms. The third-order valence-electron chi connectivity index (χ3n) is 5.59. The maximum absolute atomic E-state index is 12.8. The van der Waals surface area contributed by atoms with Gasteiger partial charge in [-0.2, -0.15) is 0 Å². The average molecular weight is 463 g/mol. The number of nitrogens with zero attached hydrogens (tertiary/aromatic N) is 2. The first-order valence-electron chi connectivity index (χ1n) is 10.6. The number of likely N-dealkylation sites (tertiary alicyclic amines) is 1. The highest BCUT2D eigenvalue weighted by atomic mass is 32.1. The van der Waals surface area contributed by atoms with Gasteiger partial charge < -0.3 is 20.3 Å². The van der Waals surface area contributed by atoms with Crippen LogP contribution in [0.4, 0.5) is 9.93 Å². The molecule has 0 aromatic carbocycles. The molecule has 2 aliphatic rings. The Kier molecular flexibility index (Phi) is 6.86. The van der Waals surface area contributed by atoms with Crippen molar-refractivity contribution in [2.75, 3.05) is 25.0 Å². The summed E-state index contributed by atoms with van der Waals surface area (Å²) >= 11 is 3.03. The van der Waals surface area contributed by atoms with E-state index in [1.165, 1.54) is 11.3 Å². The molecule has 2 N–H and O–H groups in total. The smallest absolute Gasteiger partial charge is 0.317 e. The van der Waals surface area contributed by atoms with Crippen LogP contribution in [0.1, 0.15) is 47.6 Å². The van der Waals surface area contributed by atoms with Gasteiger partial charge in [-0.1, -0.05) is 6.07 Å². The van der Waals surface area contributed by atoms with Crippen molar-refractivity contribution in [3.8, 4) is 0 Å². The number of aryl methyl sites for hydroxylation is 1. The fraction of sp³-hybridized carbons (Fsp3) is 0.524. The highest BCUT2D eigenvalue weighted by Gasteiger charge is 2.34. The number of urea groups is 1. The van der Waals surface area contributed by atoms with Crippen LogP contribution in [0.25, 0.3) is 0 Å². The van der Waals surface area contributed by atoms with Gasteiger partial charge in [-0.25, -0.2) is 9.78 Å². The lowest BCUT2D eigenvalue weighted by Gasteiger charge is -2.31. The summed E-state index contributed by atoms with van der Waals surface area (Å²) in [7, 11) is 0. The fourth-order valence-corrected chi connectivity index (χ4v) is 5.71. The lowest BCUT2D eigenvalue weighted by Crippen LogP contribution is -2.47. The number of hydrogen-bond acceptors (Lipinski definition) is 7. The molecule has 2 unspecified atom stereocenters. The number of piperidine rings is 1. The number of thiophene rings is 1. The number of fused-ring (bicyclic) bond motifs is 1. The van der Waals surface area contributed by atoms with Crippen LogP contribution in [-0.4, -0.2) is 47.5 Å². The quantitative estimate of drug-likeness (QED) is 0.641. The van der Waals surface area contributed by atoms with Crippen LogP contribution in [0.2, 0.25) is 0 Å². The highest BCUT2D eigenvalue weighted by molar-refractivity contribution is 7.16. The molecule has 3 heterocycles. The van der Waals surface area contributed by atoms with Crippen molar-refractivity contribution in [3.63, 3.8) is 0 Å². The third kappa shape index (κ3) is 5.07. The molecule has 2 aromatic heterocycles. The highest BCUT2D eigenvalue weighted by Crippen LogP contribution is 2.39. The minimum Gasteiger partial charge on any atom is -0.465 e. The zero-order valence-electron chi connectivity index (χ0n) is 17.4. The SMILES string of the molecule is CCOC(=O)C1CCc2sc(NC(=O)C3CCCN(C(=O)NCc4cccs4)C3)nc21. The molecular formula is C21H26N4O4S2. The lowest BCUT2D eigenvalue weighted by atomic mass is 9.97. The minimum atomic E-state index is -0.339. The van der Waals surface area contributed by atoms with E-state index in [0.717, 1.165) is 34.7 Å². The summed E-state index contributed by atoms with van der Waals surface area (Å²) in [5.41, 5.74) is 0.733. The number of esters is 1. The monoisotopic (exact) mass is 462 g/mol. The second-order valence-electron chi connectivity index (χ2n) is 7.68. The van der Waals surface area contributed by atoms with Crippen LogP contribution in [0, 0.1) is 5.92 Å². The van der Waals surface area contributed by atoms with Gasteiger partial charge in [0, 0.05) is 22.8 Å². The predicted molar refractivity (Wildman–Crippen MR) is 119 cm³/mol. The Hall–Kier alpha value is -2.46. The number of carbonyl (C=O) groups is 3. The number of anilines is 1. The van der Waals surface area contributed by atoms with Gasteiger partial charge in [0.15, 0.2) is 5.13 Å². The molecule has 0 spiro atoms. The van der Waals surface area contributed by atoms with E-state index in [-0.39, 0.29) is 29.7 Å². The first-order valence-corrected chi connectivity index (χ1v) is 12.3. The summed E-state index contributed by atoms with van der Waals surface area (Å²) in [6, 6.07) is 3.79. The minimum absolute atomic E-state index is 0.129. The normalized spacial score (nSPS) is 20.2. The molecule has 2 aromatic rings. The van der Waals surface area contributed by atoms with E-state index in [4.69, 9.17) is 4.74 Å². The summed E-state index contributed by atoms with van der Waals surface area (Å²) in [5.74, 6) is -0.994. The van der Waals surface area contributed by atoms with Crippen molar-refractivity contribution in [3.05, 3.63) is 33.0 Å². The third-order valence-corrected chi connectivity index (χ3v) is 7.52. The van der Waals surface area contributed by atoms with Gasteiger partial charge in [-0.15, -0.1) is 22.7 Å². The standard InChI is InChI=1S/C21H26N4O4S2/c1-2-29-19(27)15-7-8-16-17(15)23-20(31-16)24-18(26)13-5-3-9-25(12-13)21(28)22-11-14-6-4-10-30-14/h4,6,10,13,15H,2-3,5,7-9,11-12H2,1H3,(H,22,28)(H,23,24,26). The van der Waals surface area contributed by atoms with E-state index in [1.54, 1.807) is 23.2 Å². The van der Waals surface area contributed by atoms with E-state index < -0.39 is 0 Å². The number of rotatable bonds is 6. The van der Waals surface area contributed by atoms with E-state index in [0.29, 0.717) is 37.8 Å². The summed E-state index contributed by atoms with van der Waals surface area (Å²) in [4.78, 5) is 45.8. The summed E-state index contributed by atoms with van der Waals surface area (Å²) in [5, 5.41) is 8.33. The van der Waals surface area contributed by atoms with Crippen molar-refractivity contribution in [1.82, 2.24) is 15.2 Å². The number of hydrogen-bond donors (Lipinski definition) is 2. The predicted octanol–water partition coefficient (Wildman–Crippen LogP) is 3.36. The van der Waals surface area contributed by atoms with Gasteiger partial charge in [-0.05, 0) is 44.1 Å². The van der Waals surface area contributed by atoms with E-state index in [1.807, 2.05) is 17.5 Å². The Bertz CT molecular complexity index is 943. The van der Waals surface area contributed by atoms with Gasteiger partial charge >= 0.3 is 12.0 Å². The van der Waals surface area contributed by atoms with E-state index >= 15 is 0 Å². The topological polar surface area (TPSA) is 101 Å². The molecule has 0 radical (unpaired) electrons. The number of thiazole rings is 1. The molecule has 31 heavy (non-hydrogen) atoms. The Balaban J connectivity index is 1.32. The Morgan fingerprint density at radius 3 is 2.97 bits per heavy atom. The summed E-state index contributed by atoms with van der Waals surface area (Å²) < 4.78 is 5.14. The zero-order chi connectivity index (χ0) is 21.8. The van der Waals surface area contributed by atoms with E-state index in [2.05, 4.69) is 15.6 Å². The van der Waals surface area contributed by atoms with Crippen LogP contribution in [0.3, 0.4) is 0 Å². The van der Waals surface area contributed by atoms with Gasteiger partial charge in [0.05, 0.1) is 24.8 Å². The summed E-state index contributed by atoms with van der Waals surface area (Å²) in [6.45, 7) is 3.66. The van der Waals surface area contributed by atoms with Gasteiger partial charge in [0.2, 0.25) is 5.91 Å². The van der Waals surface area contributed by atoms with Crippen LogP contribution in [-0.2, 0) is 27.3 Å². The molecule has 2 atom stereocenters. The molecular weight excluding hydrogens is 436 g/mol. The Labute approximate surface area is 189 Å². The Morgan fingerprint density at radius 1 is 1.32 bits per heavy atom. The fourth-order valence-electron chi connectivity index (χ4n) is 4.02. The Morgan fingerprint density at radius 2 is 2.19 bits per heavy atom. The number of carbonyl (C=O) groups excluding carboxylic acids is 3. The number of aromatic nitrogens is 1. The molecule has 1 aliphatic heterocycles. The number of ether oxygens (including phenoxy) is 1. The maximum Gasteiger partial charge on any atom is 0.317 e. The zero-order valence-corrected chi connectivity index (χ0v) is 19.0. The molecule has 3 amide bonds. The lowest BCUT2D eigenvalue weighted by molar-refractivity contribution is -0.145. The summed E-state index contributed by atoms with van der Waals surface area (Å²) in [6.07, 6.45) is 2.99. The van der Waals surface area contributed by atoms with Crippen LogP contribution in [0.5, 0.6) is 0 Å².